The summed E-state index contributed by atoms with van der Waals surface area (Å²) in [5, 5.41) is 23.3. The van der Waals surface area contributed by atoms with E-state index in [4.69, 9.17) is 5.11 Å². The second-order valence-corrected chi connectivity index (χ2v) is 5.39. The number of nitrogens with one attached hydrogen (secondary N) is 1. The molecule has 0 saturated carbocycles. The smallest absolute Gasteiger partial charge is 0.336 e. The van der Waals surface area contributed by atoms with Crippen molar-refractivity contribution in [2.24, 2.45) is 0 Å². The second-order valence-electron chi connectivity index (χ2n) is 5.39. The van der Waals surface area contributed by atoms with Crippen LogP contribution in [0.25, 0.3) is 0 Å². The van der Waals surface area contributed by atoms with Gasteiger partial charge in [0, 0.05) is 29.9 Å². The average molecular weight is 293 g/mol. The average Bonchev–Trinajstić information content (AvgIpc) is 2.82. The standard InChI is InChI=1S/C14H19N3O4/c1-9-12(15-8-11-4-3-5-16(11)2)6-10(14(18)19)7-13(9)17(20)21/h6-7,11,15H,3-5,8H2,1-2H3,(H,18,19). The molecule has 2 N–H and O–H groups in total. The van der Waals surface area contributed by atoms with Gasteiger partial charge in [-0.05, 0) is 39.4 Å². The van der Waals surface area contributed by atoms with Crippen molar-refractivity contribution >= 4 is 17.3 Å². The van der Waals surface area contributed by atoms with Crippen LogP contribution < -0.4 is 5.32 Å². The fraction of sp³-hybridized carbons (Fsp3) is 0.500. The number of carboxylic acids is 1. The number of likely N-dealkylation sites (tertiary alicyclic amines) is 1. The van der Waals surface area contributed by atoms with Gasteiger partial charge in [-0.1, -0.05) is 0 Å². The molecule has 1 aromatic carbocycles. The van der Waals surface area contributed by atoms with Crippen molar-refractivity contribution in [2.75, 3.05) is 25.5 Å². The molecule has 7 heteroatoms. The number of hydrogen-bond donors (Lipinski definition) is 2. The Morgan fingerprint density at radius 3 is 2.81 bits per heavy atom. The van der Waals surface area contributed by atoms with Crippen LogP contribution in [0.1, 0.15) is 28.8 Å². The van der Waals surface area contributed by atoms with E-state index in [-0.39, 0.29) is 11.3 Å². The molecular formula is C14H19N3O4. The highest BCUT2D eigenvalue weighted by Gasteiger charge is 2.23. The number of rotatable bonds is 5. The van der Waals surface area contributed by atoms with Gasteiger partial charge in [0.25, 0.3) is 5.69 Å². The number of anilines is 1. The summed E-state index contributed by atoms with van der Waals surface area (Å²) in [6.45, 7) is 3.32. The zero-order valence-electron chi connectivity index (χ0n) is 12.1. The molecule has 21 heavy (non-hydrogen) atoms. The SMILES string of the molecule is Cc1c(NCC2CCCN2C)cc(C(=O)O)cc1[N+](=O)[O-]. The van der Waals surface area contributed by atoms with Crippen LogP contribution in [-0.2, 0) is 0 Å². The Kier molecular flexibility index (Phi) is 4.42. The minimum absolute atomic E-state index is 0.0745. The topological polar surface area (TPSA) is 95.7 Å². The maximum absolute atomic E-state index is 11.1. The predicted octanol–water partition coefficient (Wildman–Crippen LogP) is 2.11. The van der Waals surface area contributed by atoms with Crippen molar-refractivity contribution in [3.8, 4) is 0 Å². The summed E-state index contributed by atoms with van der Waals surface area (Å²) < 4.78 is 0. The number of aromatic carboxylic acids is 1. The molecule has 0 bridgehead atoms. The Bertz CT molecular complexity index is 574. The van der Waals surface area contributed by atoms with Crippen LogP contribution in [0, 0.1) is 17.0 Å². The first-order valence-corrected chi connectivity index (χ1v) is 6.86. The molecule has 1 fully saturated rings. The first kappa shape index (κ1) is 15.2. The molecule has 2 rings (SSSR count). The van der Waals surface area contributed by atoms with Crippen LogP contribution in [0.2, 0.25) is 0 Å². The Morgan fingerprint density at radius 2 is 2.29 bits per heavy atom. The molecule has 0 amide bonds. The minimum atomic E-state index is -1.17. The van der Waals surface area contributed by atoms with Gasteiger partial charge in [-0.3, -0.25) is 10.1 Å². The number of nitrogens with zero attached hydrogens (tertiary/aromatic N) is 2. The Morgan fingerprint density at radius 1 is 1.57 bits per heavy atom. The van der Waals surface area contributed by atoms with Crippen LogP contribution in [0.3, 0.4) is 0 Å². The molecule has 1 aromatic rings. The number of carboxylic acid groups (broad SMARTS) is 1. The van der Waals surface area contributed by atoms with E-state index in [0.717, 1.165) is 25.5 Å². The number of carbonyl (C=O) groups is 1. The summed E-state index contributed by atoms with van der Waals surface area (Å²) in [5.41, 5.74) is 0.735. The fourth-order valence-electron chi connectivity index (χ4n) is 2.66. The van der Waals surface area contributed by atoms with E-state index in [1.54, 1.807) is 6.92 Å². The molecule has 0 radical (unpaired) electrons. The van der Waals surface area contributed by atoms with E-state index in [1.807, 2.05) is 7.05 Å². The van der Waals surface area contributed by atoms with Crippen LogP contribution in [0.15, 0.2) is 12.1 Å². The van der Waals surface area contributed by atoms with Crippen LogP contribution in [-0.4, -0.2) is 47.1 Å². The van der Waals surface area contributed by atoms with Crippen LogP contribution in [0.4, 0.5) is 11.4 Å². The van der Waals surface area contributed by atoms with Gasteiger partial charge in [0.05, 0.1) is 10.5 Å². The number of nitro groups is 1. The zero-order chi connectivity index (χ0) is 15.6. The highest BCUT2D eigenvalue weighted by atomic mass is 16.6. The summed E-state index contributed by atoms with van der Waals surface area (Å²) in [6, 6.07) is 2.93. The van der Waals surface area contributed by atoms with Gasteiger partial charge < -0.3 is 15.3 Å². The minimum Gasteiger partial charge on any atom is -0.478 e. The van der Waals surface area contributed by atoms with Crippen molar-refractivity contribution < 1.29 is 14.8 Å². The van der Waals surface area contributed by atoms with Gasteiger partial charge in [0.1, 0.15) is 0 Å². The third-order valence-corrected chi connectivity index (χ3v) is 4.02. The first-order chi connectivity index (χ1) is 9.90. The molecule has 1 unspecified atom stereocenters. The lowest BCUT2D eigenvalue weighted by Gasteiger charge is -2.21. The molecule has 1 atom stereocenters. The van der Waals surface area contributed by atoms with Crippen molar-refractivity contribution in [3.63, 3.8) is 0 Å². The summed E-state index contributed by atoms with van der Waals surface area (Å²) in [6.07, 6.45) is 2.21. The maximum Gasteiger partial charge on any atom is 0.336 e. The van der Waals surface area contributed by atoms with E-state index < -0.39 is 10.9 Å². The Labute approximate surface area is 122 Å². The Hall–Kier alpha value is -2.15. The summed E-state index contributed by atoms with van der Waals surface area (Å²) in [7, 11) is 2.04. The second kappa shape index (κ2) is 6.09. The molecule has 114 valence electrons. The third kappa shape index (κ3) is 3.30. The zero-order valence-corrected chi connectivity index (χ0v) is 12.1. The van der Waals surface area contributed by atoms with Crippen molar-refractivity contribution in [1.29, 1.82) is 0 Å². The van der Waals surface area contributed by atoms with Gasteiger partial charge in [-0.2, -0.15) is 0 Å². The lowest BCUT2D eigenvalue weighted by Crippen LogP contribution is -2.31. The molecule has 0 aliphatic carbocycles. The number of hydrogen-bond acceptors (Lipinski definition) is 5. The van der Waals surface area contributed by atoms with Crippen LogP contribution >= 0.6 is 0 Å². The van der Waals surface area contributed by atoms with E-state index in [2.05, 4.69) is 10.2 Å². The largest absolute Gasteiger partial charge is 0.478 e. The van der Waals surface area contributed by atoms with Gasteiger partial charge in [-0.15, -0.1) is 0 Å². The lowest BCUT2D eigenvalue weighted by molar-refractivity contribution is -0.385. The summed E-state index contributed by atoms with van der Waals surface area (Å²) in [4.78, 5) is 23.8. The highest BCUT2D eigenvalue weighted by Crippen LogP contribution is 2.28. The Balaban J connectivity index is 2.24. The summed E-state index contributed by atoms with van der Waals surface area (Å²) >= 11 is 0. The van der Waals surface area contributed by atoms with Crippen molar-refractivity contribution in [1.82, 2.24) is 4.90 Å². The molecule has 1 aliphatic heterocycles. The van der Waals surface area contributed by atoms with Crippen LogP contribution in [0.5, 0.6) is 0 Å². The maximum atomic E-state index is 11.1. The molecule has 1 heterocycles. The van der Waals surface area contributed by atoms with E-state index in [9.17, 15) is 14.9 Å². The lowest BCUT2D eigenvalue weighted by atomic mass is 10.1. The number of likely N-dealkylation sites (N-methyl/N-ethyl adjacent to an activating group) is 1. The van der Waals surface area contributed by atoms with Gasteiger partial charge in [0.15, 0.2) is 0 Å². The molecule has 0 aromatic heterocycles. The quantitative estimate of drug-likeness (QED) is 0.637. The predicted molar refractivity (Wildman–Crippen MR) is 78.9 cm³/mol. The molecule has 0 spiro atoms. The number of benzene rings is 1. The van der Waals surface area contributed by atoms with E-state index >= 15 is 0 Å². The third-order valence-electron chi connectivity index (χ3n) is 4.02. The normalized spacial score (nSPS) is 18.7. The summed E-state index contributed by atoms with van der Waals surface area (Å²) in [5.74, 6) is -1.17. The van der Waals surface area contributed by atoms with E-state index in [0.29, 0.717) is 23.8 Å². The monoisotopic (exact) mass is 293 g/mol. The highest BCUT2D eigenvalue weighted by molar-refractivity contribution is 5.90. The molecular weight excluding hydrogens is 274 g/mol. The molecule has 1 saturated heterocycles. The molecule has 1 aliphatic rings. The van der Waals surface area contributed by atoms with E-state index in [1.165, 1.54) is 6.07 Å². The van der Waals surface area contributed by atoms with Gasteiger partial charge in [-0.25, -0.2) is 4.79 Å². The molecule has 7 nitrogen and oxygen atoms in total. The first-order valence-electron chi connectivity index (χ1n) is 6.86. The van der Waals surface area contributed by atoms with Gasteiger partial charge >= 0.3 is 5.97 Å². The fourth-order valence-corrected chi connectivity index (χ4v) is 2.66. The van der Waals surface area contributed by atoms with Gasteiger partial charge in [0.2, 0.25) is 0 Å². The number of nitro benzene ring substituents is 1. The van der Waals surface area contributed by atoms with Crippen molar-refractivity contribution in [3.05, 3.63) is 33.4 Å². The van der Waals surface area contributed by atoms with Crippen molar-refractivity contribution in [2.45, 2.75) is 25.8 Å².